The summed E-state index contributed by atoms with van der Waals surface area (Å²) in [7, 11) is 1.77. The van der Waals surface area contributed by atoms with Gasteiger partial charge in [0.05, 0.1) is 36.9 Å². The van der Waals surface area contributed by atoms with E-state index in [-0.39, 0.29) is 11.5 Å². The lowest BCUT2D eigenvalue weighted by atomic mass is 9.80. The summed E-state index contributed by atoms with van der Waals surface area (Å²) in [5, 5.41) is 5.77. The third-order valence-corrected chi connectivity index (χ3v) is 9.17. The first-order chi connectivity index (χ1) is 20.8. The fourth-order valence-corrected chi connectivity index (χ4v) is 6.64. The van der Waals surface area contributed by atoms with Crippen molar-refractivity contribution in [2.75, 3.05) is 64.5 Å². The van der Waals surface area contributed by atoms with Gasteiger partial charge in [-0.3, -0.25) is 14.4 Å². The van der Waals surface area contributed by atoms with Crippen molar-refractivity contribution in [1.29, 1.82) is 0 Å². The number of piperazine rings is 1. The van der Waals surface area contributed by atoms with E-state index in [1.807, 2.05) is 42.2 Å². The van der Waals surface area contributed by atoms with E-state index in [0.717, 1.165) is 99.6 Å². The number of hydrogen-bond donors (Lipinski definition) is 0. The van der Waals surface area contributed by atoms with E-state index in [4.69, 9.17) is 19.6 Å². The van der Waals surface area contributed by atoms with Crippen LogP contribution in [0.15, 0.2) is 42.7 Å². The molecule has 234 valence electrons. The lowest BCUT2D eigenvalue weighted by molar-refractivity contribution is -0.137. The molecule has 0 radical (unpaired) electrons. The van der Waals surface area contributed by atoms with Crippen LogP contribution < -0.4 is 9.64 Å². The summed E-state index contributed by atoms with van der Waals surface area (Å²) in [5.74, 6) is 2.99. The maximum atomic E-state index is 13.5. The average molecular weight is 591 g/mol. The molecule has 1 aliphatic heterocycles. The number of carbonyl (C=O) groups excluding carboxylic acids is 1. The first-order valence-corrected chi connectivity index (χ1v) is 16.1. The number of anilines is 1. The van der Waals surface area contributed by atoms with Gasteiger partial charge in [0.15, 0.2) is 0 Å². The zero-order valence-corrected chi connectivity index (χ0v) is 26.8. The van der Waals surface area contributed by atoms with Crippen molar-refractivity contribution in [3.63, 3.8) is 0 Å². The van der Waals surface area contributed by atoms with E-state index in [1.54, 1.807) is 7.11 Å². The Morgan fingerprint density at radius 1 is 1.07 bits per heavy atom. The van der Waals surface area contributed by atoms with Crippen molar-refractivity contribution in [1.82, 2.24) is 24.6 Å². The summed E-state index contributed by atoms with van der Waals surface area (Å²) in [6, 6.07) is 10.2. The number of methoxy groups -OCH3 is 1. The second-order valence-corrected chi connectivity index (χ2v) is 13.1. The summed E-state index contributed by atoms with van der Waals surface area (Å²) >= 11 is 0. The van der Waals surface area contributed by atoms with Crippen molar-refractivity contribution in [2.45, 2.75) is 65.5 Å². The number of rotatable bonds is 11. The number of pyridine rings is 1. The molecule has 0 atom stereocenters. The molecule has 1 aliphatic carbocycles. The predicted octanol–water partition coefficient (Wildman–Crippen LogP) is 5.08. The predicted molar refractivity (Wildman–Crippen MR) is 172 cm³/mol. The average Bonchev–Trinajstić information content (AvgIpc) is 3.42. The van der Waals surface area contributed by atoms with Crippen molar-refractivity contribution in [3.05, 3.63) is 48.3 Å². The number of aromatic nitrogens is 3. The maximum Gasteiger partial charge on any atom is 0.225 e. The molecule has 1 amide bonds. The van der Waals surface area contributed by atoms with Gasteiger partial charge in [-0.15, -0.1) is 0 Å². The summed E-state index contributed by atoms with van der Waals surface area (Å²) in [4.78, 5) is 25.2. The van der Waals surface area contributed by atoms with E-state index in [9.17, 15) is 4.79 Å². The molecule has 0 N–H and O–H groups in total. The van der Waals surface area contributed by atoms with Crippen molar-refractivity contribution < 1.29 is 14.3 Å². The Hall–Kier alpha value is -3.17. The van der Waals surface area contributed by atoms with E-state index in [0.29, 0.717) is 25.0 Å². The number of benzene rings is 1. The van der Waals surface area contributed by atoms with Crippen molar-refractivity contribution in [3.8, 4) is 5.75 Å². The first-order valence-electron chi connectivity index (χ1n) is 16.1. The summed E-state index contributed by atoms with van der Waals surface area (Å²) in [6.45, 7) is 16.0. The van der Waals surface area contributed by atoms with Crippen LogP contribution in [0.2, 0.25) is 0 Å². The van der Waals surface area contributed by atoms with Gasteiger partial charge in [-0.05, 0) is 83.1 Å². The molecule has 0 spiro atoms. The molecule has 2 fully saturated rings. The molecule has 3 heterocycles. The van der Waals surface area contributed by atoms with Gasteiger partial charge in [0.25, 0.3) is 0 Å². The lowest BCUT2D eigenvalue weighted by Crippen LogP contribution is -2.51. The highest BCUT2D eigenvalue weighted by Gasteiger charge is 2.33. The Morgan fingerprint density at radius 3 is 2.53 bits per heavy atom. The van der Waals surface area contributed by atoms with Gasteiger partial charge in [0.1, 0.15) is 11.6 Å². The Kier molecular flexibility index (Phi) is 10.2. The highest BCUT2D eigenvalue weighted by atomic mass is 16.5. The summed E-state index contributed by atoms with van der Waals surface area (Å²) in [6.07, 6.45) is 8.05. The zero-order valence-electron chi connectivity index (χ0n) is 26.8. The minimum Gasteiger partial charge on any atom is -0.494 e. The minimum absolute atomic E-state index is 0.123. The van der Waals surface area contributed by atoms with Gasteiger partial charge >= 0.3 is 0 Å². The van der Waals surface area contributed by atoms with Crippen LogP contribution in [0.4, 0.5) is 5.82 Å². The van der Waals surface area contributed by atoms with Gasteiger partial charge < -0.3 is 19.3 Å². The van der Waals surface area contributed by atoms with E-state index in [1.165, 1.54) is 0 Å². The highest BCUT2D eigenvalue weighted by molar-refractivity contribution is 5.89. The highest BCUT2D eigenvalue weighted by Crippen LogP contribution is 2.33. The fourth-order valence-electron chi connectivity index (χ4n) is 6.64. The number of amides is 1. The monoisotopic (exact) mass is 590 g/mol. The largest absolute Gasteiger partial charge is 0.494 e. The van der Waals surface area contributed by atoms with Gasteiger partial charge in [-0.25, -0.2) is 4.98 Å². The first kappa shape index (κ1) is 31.3. The standard InChI is InChI=1S/C34H50N6O3/c1-6-43-29-9-7-8-27(22-29)25-40-31-14-15-35-32(30(31)23-36-40)37-16-18-38(19-17-37)33(41)28-12-10-26(11-13-28)24-39(20-21-42-5)34(2,3)4/h7-9,14-15,22-23,26,28H,6,10-13,16-21,24-25H2,1-5H3/t26-,28-. The molecule has 2 aliphatic rings. The van der Waals surface area contributed by atoms with Gasteiger partial charge in [-0.1, -0.05) is 12.1 Å². The number of nitrogens with zero attached hydrogens (tertiary/aromatic N) is 6. The molecule has 0 bridgehead atoms. The number of fused-ring (bicyclic) bond motifs is 1. The molecule has 3 aromatic rings. The Bertz CT molecular complexity index is 1340. The normalized spacial score (nSPS) is 19.8. The van der Waals surface area contributed by atoms with Crippen LogP contribution in [0.25, 0.3) is 10.9 Å². The van der Waals surface area contributed by atoms with Gasteiger partial charge in [0, 0.05) is 64.0 Å². The maximum absolute atomic E-state index is 13.5. The molecule has 9 heteroatoms. The molecule has 43 heavy (non-hydrogen) atoms. The minimum atomic E-state index is 0.123. The molecule has 1 aromatic carbocycles. The van der Waals surface area contributed by atoms with E-state index >= 15 is 0 Å². The second kappa shape index (κ2) is 14.1. The Labute approximate surface area is 257 Å². The smallest absolute Gasteiger partial charge is 0.225 e. The van der Waals surface area contributed by atoms with Crippen molar-refractivity contribution >= 4 is 22.6 Å². The molecule has 0 unspecified atom stereocenters. The summed E-state index contributed by atoms with van der Waals surface area (Å²) < 4.78 is 13.1. The van der Waals surface area contributed by atoms with Crippen LogP contribution in [-0.4, -0.2) is 95.6 Å². The molecule has 2 aromatic heterocycles. The van der Waals surface area contributed by atoms with Crippen molar-refractivity contribution in [2.24, 2.45) is 11.8 Å². The number of carbonyl (C=O) groups is 1. The Morgan fingerprint density at radius 2 is 1.84 bits per heavy atom. The third kappa shape index (κ3) is 7.68. The van der Waals surface area contributed by atoms with Crippen LogP contribution in [-0.2, 0) is 16.1 Å². The third-order valence-electron chi connectivity index (χ3n) is 9.17. The fraction of sp³-hybridized carbons (Fsp3) is 0.618. The molecular weight excluding hydrogens is 540 g/mol. The molecular formula is C34H50N6O3. The Balaban J connectivity index is 1.15. The van der Waals surface area contributed by atoms with Gasteiger partial charge in [0.2, 0.25) is 5.91 Å². The van der Waals surface area contributed by atoms with Crippen LogP contribution in [0.3, 0.4) is 0 Å². The molecule has 5 rings (SSSR count). The number of hydrogen-bond acceptors (Lipinski definition) is 7. The van der Waals surface area contributed by atoms with Crippen LogP contribution in [0.5, 0.6) is 5.75 Å². The second-order valence-electron chi connectivity index (χ2n) is 13.1. The van der Waals surface area contributed by atoms with E-state index in [2.05, 4.69) is 47.6 Å². The van der Waals surface area contributed by atoms with Crippen LogP contribution in [0.1, 0.15) is 58.9 Å². The molecule has 1 saturated heterocycles. The number of ether oxygens (including phenoxy) is 2. The topological polar surface area (TPSA) is 76.0 Å². The van der Waals surface area contributed by atoms with Gasteiger partial charge in [-0.2, -0.15) is 5.10 Å². The lowest BCUT2D eigenvalue weighted by Gasteiger charge is -2.41. The zero-order chi connectivity index (χ0) is 30.4. The molecule has 1 saturated carbocycles. The molecule has 9 nitrogen and oxygen atoms in total. The quantitative estimate of drug-likeness (QED) is 0.308. The SMILES string of the molecule is CCOc1cccc(Cn2ncc3c(N4CCN(C(=O)[C@H]5CC[C@H](CN(CCOC)C(C)(C)C)CC5)CC4)nccc32)c1. The van der Waals surface area contributed by atoms with Crippen LogP contribution >= 0.6 is 0 Å². The summed E-state index contributed by atoms with van der Waals surface area (Å²) in [5.41, 5.74) is 2.33. The van der Waals surface area contributed by atoms with Crippen LogP contribution in [0, 0.1) is 11.8 Å². The van der Waals surface area contributed by atoms with E-state index < -0.39 is 0 Å².